The first-order chi connectivity index (χ1) is 23.9. The highest BCUT2D eigenvalue weighted by Crippen LogP contribution is 2.34. The highest BCUT2D eigenvalue weighted by atomic mass is 35.5. The lowest BCUT2D eigenvalue weighted by molar-refractivity contribution is 0.0686. The van der Waals surface area contributed by atoms with Crippen molar-refractivity contribution in [2.75, 3.05) is 56.7 Å². The van der Waals surface area contributed by atoms with E-state index in [9.17, 15) is 9.59 Å². The molecule has 7 rings (SSSR count). The van der Waals surface area contributed by atoms with Gasteiger partial charge in [-0.1, -0.05) is 0 Å². The zero-order valence-corrected chi connectivity index (χ0v) is 28.1. The van der Waals surface area contributed by atoms with Crippen LogP contribution >= 0.6 is 11.6 Å². The highest BCUT2D eigenvalue weighted by molar-refractivity contribution is 6.17. The predicted octanol–water partition coefficient (Wildman–Crippen LogP) is 5.86. The molecule has 0 spiro atoms. The lowest BCUT2D eigenvalue weighted by Crippen LogP contribution is -2.46. The number of carboxylic acids is 2. The number of anilines is 1. The Kier molecular flexibility index (Phi) is 11.2. The number of alkyl halides is 1. The summed E-state index contributed by atoms with van der Waals surface area (Å²) in [6.45, 7) is 8.20. The molecule has 0 saturated carbocycles. The molecular weight excluding hydrogens is 648 g/mol. The summed E-state index contributed by atoms with van der Waals surface area (Å²) in [6.07, 6.45) is 7.70. The van der Waals surface area contributed by atoms with Gasteiger partial charge >= 0.3 is 11.9 Å². The van der Waals surface area contributed by atoms with E-state index >= 15 is 0 Å². The van der Waals surface area contributed by atoms with Crippen LogP contribution in [0.15, 0.2) is 67.3 Å². The Labute approximate surface area is 289 Å². The number of carboxylic acid groups (broad SMARTS) is 2. The zero-order valence-electron chi connectivity index (χ0n) is 27.3. The summed E-state index contributed by atoms with van der Waals surface area (Å²) in [5, 5.41) is 18.0. The van der Waals surface area contributed by atoms with E-state index in [4.69, 9.17) is 31.3 Å². The lowest BCUT2D eigenvalue weighted by Gasteiger charge is -2.36. The summed E-state index contributed by atoms with van der Waals surface area (Å²) < 4.78 is 15.5. The van der Waals surface area contributed by atoms with E-state index in [0.717, 1.165) is 105 Å². The van der Waals surface area contributed by atoms with Crippen molar-refractivity contribution < 1.29 is 29.3 Å². The Morgan fingerprint density at radius 2 is 1.22 bits per heavy atom. The van der Waals surface area contributed by atoms with Crippen LogP contribution in [0, 0.1) is 0 Å². The summed E-state index contributed by atoms with van der Waals surface area (Å²) in [7, 11) is 0. The topological polar surface area (TPSA) is 135 Å². The number of aromatic carboxylic acids is 2. The van der Waals surface area contributed by atoms with Crippen LogP contribution in [0.3, 0.4) is 0 Å². The molecular formula is C36H41ClN6O6. The van der Waals surface area contributed by atoms with Crippen molar-refractivity contribution in [3.8, 4) is 11.5 Å². The fourth-order valence-corrected chi connectivity index (χ4v) is 6.39. The third kappa shape index (κ3) is 8.44. The smallest absolute Gasteiger partial charge is 0.335 e. The first kappa shape index (κ1) is 34.1. The van der Waals surface area contributed by atoms with E-state index < -0.39 is 11.9 Å². The van der Waals surface area contributed by atoms with Crippen LogP contribution < -0.4 is 14.4 Å². The van der Waals surface area contributed by atoms with Crippen molar-refractivity contribution in [2.45, 2.75) is 38.8 Å². The molecule has 2 aromatic heterocycles. The van der Waals surface area contributed by atoms with Crippen LogP contribution in [0.2, 0.25) is 0 Å². The summed E-state index contributed by atoms with van der Waals surface area (Å²) in [6, 6.07) is 16.4. The van der Waals surface area contributed by atoms with Crippen molar-refractivity contribution in [1.82, 2.24) is 24.0 Å². The molecule has 0 amide bonds. The number of benzene rings is 3. The van der Waals surface area contributed by atoms with E-state index in [1.807, 2.05) is 23.0 Å². The maximum Gasteiger partial charge on any atom is 0.335 e. The van der Waals surface area contributed by atoms with Gasteiger partial charge in [-0.15, -0.1) is 11.6 Å². The van der Waals surface area contributed by atoms with Gasteiger partial charge in [0, 0.05) is 56.9 Å². The van der Waals surface area contributed by atoms with Crippen molar-refractivity contribution in [1.29, 1.82) is 0 Å². The van der Waals surface area contributed by atoms with Gasteiger partial charge in [-0.3, -0.25) is 4.90 Å². The molecule has 2 aliphatic rings. The lowest BCUT2D eigenvalue weighted by atomic mass is 10.2. The molecule has 3 aromatic carbocycles. The molecule has 4 heterocycles. The number of aryl methyl sites for hydroxylation is 2. The maximum absolute atomic E-state index is 11.1. The number of carbonyl (C=O) groups is 2. The van der Waals surface area contributed by atoms with Gasteiger partial charge in [-0.25, -0.2) is 19.6 Å². The molecule has 12 nitrogen and oxygen atoms in total. The first-order valence-corrected chi connectivity index (χ1v) is 17.2. The molecule has 49 heavy (non-hydrogen) atoms. The molecule has 2 aliphatic heterocycles. The number of imidazole rings is 2. The van der Waals surface area contributed by atoms with Gasteiger partial charge in [0.25, 0.3) is 0 Å². The van der Waals surface area contributed by atoms with Gasteiger partial charge in [-0.05, 0) is 80.8 Å². The second kappa shape index (κ2) is 16.1. The SMILES string of the molecule is O=C(O)c1ccc2c(c1)ncn2CCCCCl.O=C(O)c1ccc2c(c1)ncn2CCCCN1CCN(c2ccc3c(c2)OCCO3)CC1. The number of hydrogen-bond donors (Lipinski definition) is 2. The number of nitrogens with zero attached hydrogens (tertiary/aromatic N) is 6. The largest absolute Gasteiger partial charge is 0.486 e. The van der Waals surface area contributed by atoms with E-state index in [-0.39, 0.29) is 11.1 Å². The summed E-state index contributed by atoms with van der Waals surface area (Å²) in [5.74, 6) is 0.503. The molecule has 2 N–H and O–H groups in total. The molecule has 5 aromatic rings. The predicted molar refractivity (Wildman–Crippen MR) is 189 cm³/mol. The monoisotopic (exact) mass is 688 g/mol. The number of rotatable bonds is 12. The molecule has 0 radical (unpaired) electrons. The number of piperazine rings is 1. The Morgan fingerprint density at radius 3 is 1.80 bits per heavy atom. The third-order valence-electron chi connectivity index (χ3n) is 8.91. The second-order valence-corrected chi connectivity index (χ2v) is 12.5. The minimum absolute atomic E-state index is 0.267. The summed E-state index contributed by atoms with van der Waals surface area (Å²) >= 11 is 5.63. The highest BCUT2D eigenvalue weighted by Gasteiger charge is 2.20. The van der Waals surface area contributed by atoms with E-state index in [2.05, 4.69) is 36.5 Å². The van der Waals surface area contributed by atoms with Crippen molar-refractivity contribution >= 4 is 51.3 Å². The Morgan fingerprint density at radius 1 is 0.673 bits per heavy atom. The van der Waals surface area contributed by atoms with Crippen LogP contribution in [0.1, 0.15) is 46.4 Å². The van der Waals surface area contributed by atoms with Gasteiger partial charge in [0.1, 0.15) is 13.2 Å². The minimum atomic E-state index is -0.927. The van der Waals surface area contributed by atoms with Crippen LogP contribution in [-0.4, -0.2) is 98.0 Å². The standard InChI is InChI=1S/C24H28N4O4.C12H13ClN2O2/c29-24(30)18-3-5-21-20(15-18)25-17-28(21)8-2-1-7-26-9-11-27(12-10-26)19-4-6-22-23(16-19)32-14-13-31-22;13-5-1-2-6-15-8-14-10-7-9(12(16)17)3-4-11(10)15/h3-6,15-17H,1-2,7-14H2,(H,29,30);3-4,7-8H,1-2,5-6H2,(H,16,17). The quantitative estimate of drug-likeness (QED) is 0.121. The van der Waals surface area contributed by atoms with Crippen LogP contribution in [0.25, 0.3) is 22.1 Å². The van der Waals surface area contributed by atoms with Crippen LogP contribution in [0.5, 0.6) is 11.5 Å². The molecule has 0 atom stereocenters. The fourth-order valence-electron chi connectivity index (χ4n) is 6.20. The summed E-state index contributed by atoms with van der Waals surface area (Å²) in [5.41, 5.74) is 5.15. The summed E-state index contributed by atoms with van der Waals surface area (Å²) in [4.78, 5) is 35.4. The minimum Gasteiger partial charge on any atom is -0.486 e. The van der Waals surface area contributed by atoms with Gasteiger partial charge in [0.15, 0.2) is 11.5 Å². The molecule has 1 saturated heterocycles. The zero-order chi connectivity index (χ0) is 34.2. The molecule has 0 bridgehead atoms. The van der Waals surface area contributed by atoms with E-state index in [1.165, 1.54) is 5.69 Å². The maximum atomic E-state index is 11.1. The molecule has 0 aliphatic carbocycles. The van der Waals surface area contributed by atoms with E-state index in [0.29, 0.717) is 19.1 Å². The number of ether oxygens (including phenoxy) is 2. The van der Waals surface area contributed by atoms with Gasteiger partial charge in [0.05, 0.1) is 45.8 Å². The molecule has 13 heteroatoms. The number of aromatic nitrogens is 4. The molecule has 258 valence electrons. The first-order valence-electron chi connectivity index (χ1n) is 16.7. The van der Waals surface area contributed by atoms with Crippen molar-refractivity contribution in [2.24, 2.45) is 0 Å². The van der Waals surface area contributed by atoms with Crippen LogP contribution in [-0.2, 0) is 13.1 Å². The van der Waals surface area contributed by atoms with Gasteiger partial charge in [-0.2, -0.15) is 0 Å². The van der Waals surface area contributed by atoms with Gasteiger partial charge < -0.3 is 33.7 Å². The fraction of sp³-hybridized carbons (Fsp3) is 0.389. The normalized spacial score (nSPS) is 14.5. The Hall–Kier alpha value is -4.81. The Balaban J connectivity index is 0.000000207. The van der Waals surface area contributed by atoms with Crippen molar-refractivity contribution in [3.05, 3.63) is 78.4 Å². The number of unbranched alkanes of at least 4 members (excludes halogenated alkanes) is 2. The number of fused-ring (bicyclic) bond motifs is 3. The third-order valence-corrected chi connectivity index (χ3v) is 9.17. The second-order valence-electron chi connectivity index (χ2n) is 12.2. The number of hydrogen-bond acceptors (Lipinski definition) is 8. The molecule has 0 unspecified atom stereocenters. The van der Waals surface area contributed by atoms with Crippen molar-refractivity contribution in [3.63, 3.8) is 0 Å². The average Bonchev–Trinajstić information content (AvgIpc) is 3.73. The Bertz CT molecular complexity index is 1900. The average molecular weight is 689 g/mol. The van der Waals surface area contributed by atoms with E-state index in [1.54, 1.807) is 36.7 Å². The number of halogens is 1. The van der Waals surface area contributed by atoms with Crippen LogP contribution in [0.4, 0.5) is 5.69 Å². The van der Waals surface area contributed by atoms with Gasteiger partial charge in [0.2, 0.25) is 0 Å². The molecule has 1 fully saturated rings.